The Morgan fingerprint density at radius 1 is 0.963 bits per heavy atom. The van der Waals surface area contributed by atoms with Gasteiger partial charge in [-0.25, -0.2) is 0 Å². The molecule has 2 heteroatoms. The fourth-order valence-electron chi connectivity index (χ4n) is 4.10. The second-order valence-corrected chi connectivity index (χ2v) is 6.97. The number of benzene rings is 2. The molecule has 2 aromatic carbocycles. The second-order valence-electron chi connectivity index (χ2n) is 6.97. The Labute approximate surface area is 162 Å². The molecule has 27 heavy (non-hydrogen) atoms. The summed E-state index contributed by atoms with van der Waals surface area (Å²) in [5, 5.41) is 1.29. The quantitative estimate of drug-likeness (QED) is 0.550. The molecule has 2 nitrogen and oxygen atoms in total. The van der Waals surface area contributed by atoms with Crippen LogP contribution in [0.1, 0.15) is 31.5 Å². The molecule has 1 aliphatic heterocycles. The number of para-hydroxylation sites is 2. The van der Waals surface area contributed by atoms with Gasteiger partial charge in [0.15, 0.2) is 0 Å². The van der Waals surface area contributed by atoms with E-state index in [0.717, 1.165) is 19.5 Å². The lowest BCUT2D eigenvalue weighted by Crippen LogP contribution is -2.37. The molecule has 0 aliphatic carbocycles. The molecular weight excluding hydrogens is 328 g/mol. The number of fused-ring (bicyclic) bond motifs is 2. The minimum Gasteiger partial charge on any atom is -0.365 e. The van der Waals surface area contributed by atoms with E-state index in [1.807, 2.05) is 0 Å². The molecule has 1 aromatic heterocycles. The number of nitrogens with zero attached hydrogens (tertiary/aromatic N) is 2. The van der Waals surface area contributed by atoms with Crippen molar-refractivity contribution in [2.75, 3.05) is 11.4 Å². The number of aryl methyl sites for hydroxylation is 1. The van der Waals surface area contributed by atoms with Crippen molar-refractivity contribution < 1.29 is 4.57 Å². The summed E-state index contributed by atoms with van der Waals surface area (Å²) in [6.07, 6.45) is 10.2. The van der Waals surface area contributed by atoms with Crippen LogP contribution in [-0.4, -0.2) is 12.6 Å². The molecule has 136 valence electrons. The second kappa shape index (κ2) is 7.79. The molecule has 1 aliphatic rings. The summed E-state index contributed by atoms with van der Waals surface area (Å²) >= 11 is 0. The van der Waals surface area contributed by atoms with Gasteiger partial charge >= 0.3 is 0 Å². The van der Waals surface area contributed by atoms with E-state index in [1.54, 1.807) is 0 Å². The molecule has 1 atom stereocenters. The zero-order valence-electron chi connectivity index (χ0n) is 16.2. The lowest BCUT2D eigenvalue weighted by molar-refractivity contribution is -0.669. The van der Waals surface area contributed by atoms with Crippen molar-refractivity contribution in [2.45, 2.75) is 32.9 Å². The number of likely N-dealkylation sites (N-methyl/N-ethyl adjacent to an activating group) is 1. The van der Waals surface area contributed by atoms with Gasteiger partial charge in [0.25, 0.3) is 0 Å². The average molecular weight is 356 g/mol. The van der Waals surface area contributed by atoms with Crippen LogP contribution in [0.15, 0.2) is 72.8 Å². The molecule has 2 heterocycles. The molecule has 0 saturated heterocycles. The van der Waals surface area contributed by atoms with Gasteiger partial charge in [-0.1, -0.05) is 48.6 Å². The number of hydrogen-bond acceptors (Lipinski definition) is 1. The SMILES string of the molecule is CCN1c2ccccc2C=CC1C/C=C/c1ccc2ccccc2[n+]1CC. The highest BCUT2D eigenvalue weighted by Gasteiger charge is 2.19. The molecule has 3 aromatic rings. The van der Waals surface area contributed by atoms with Crippen LogP contribution in [0, 0.1) is 0 Å². The average Bonchev–Trinajstić information content (AvgIpc) is 2.73. The Bertz CT molecular complexity index is 1000. The highest BCUT2D eigenvalue weighted by Crippen LogP contribution is 2.29. The topological polar surface area (TPSA) is 7.12 Å². The third-order valence-electron chi connectivity index (χ3n) is 5.44. The maximum absolute atomic E-state index is 2.49. The highest BCUT2D eigenvalue weighted by atomic mass is 15.2. The standard InChI is InChI=1S/C25H27N2/c1-3-26-22(18-16-20-10-5-7-14-24(20)26)12-9-13-23-19-17-21-11-6-8-15-25(21)27(23)4-2/h5-12,14-19,23H,3-4,13H2,1-2H3/q+1/b12-9+. The van der Waals surface area contributed by atoms with Gasteiger partial charge in [-0.15, -0.1) is 0 Å². The van der Waals surface area contributed by atoms with Gasteiger partial charge < -0.3 is 4.90 Å². The minimum absolute atomic E-state index is 0.414. The van der Waals surface area contributed by atoms with E-state index in [1.165, 1.54) is 27.8 Å². The summed E-state index contributed by atoms with van der Waals surface area (Å²) in [7, 11) is 0. The summed E-state index contributed by atoms with van der Waals surface area (Å²) in [6, 6.07) is 22.1. The van der Waals surface area contributed by atoms with E-state index >= 15 is 0 Å². The molecule has 0 spiro atoms. The lowest BCUT2D eigenvalue weighted by atomic mass is 10.0. The number of pyridine rings is 1. The van der Waals surface area contributed by atoms with E-state index in [9.17, 15) is 0 Å². The van der Waals surface area contributed by atoms with E-state index in [2.05, 4.69) is 108 Å². The van der Waals surface area contributed by atoms with E-state index < -0.39 is 0 Å². The van der Waals surface area contributed by atoms with E-state index in [-0.39, 0.29) is 0 Å². The van der Waals surface area contributed by atoms with Crippen LogP contribution in [0.25, 0.3) is 23.1 Å². The lowest BCUT2D eigenvalue weighted by Gasteiger charge is -2.34. The van der Waals surface area contributed by atoms with Crippen molar-refractivity contribution in [1.29, 1.82) is 0 Å². The Morgan fingerprint density at radius 2 is 1.78 bits per heavy atom. The van der Waals surface area contributed by atoms with Crippen molar-refractivity contribution in [1.82, 2.24) is 0 Å². The predicted molar refractivity (Wildman–Crippen MR) is 116 cm³/mol. The van der Waals surface area contributed by atoms with Crippen molar-refractivity contribution >= 4 is 28.7 Å². The summed E-state index contributed by atoms with van der Waals surface area (Å²) in [5.74, 6) is 0. The number of hydrogen-bond donors (Lipinski definition) is 0. The first-order chi connectivity index (χ1) is 13.3. The van der Waals surface area contributed by atoms with Crippen LogP contribution >= 0.6 is 0 Å². The van der Waals surface area contributed by atoms with Crippen LogP contribution < -0.4 is 9.47 Å². The van der Waals surface area contributed by atoms with Gasteiger partial charge in [0.05, 0.1) is 6.04 Å². The summed E-state index contributed by atoms with van der Waals surface area (Å²) < 4.78 is 2.38. The first-order valence-electron chi connectivity index (χ1n) is 9.93. The number of anilines is 1. The van der Waals surface area contributed by atoms with Gasteiger partial charge in [0, 0.05) is 35.8 Å². The van der Waals surface area contributed by atoms with Crippen LogP contribution in [0.5, 0.6) is 0 Å². The first kappa shape index (κ1) is 17.5. The Morgan fingerprint density at radius 3 is 2.63 bits per heavy atom. The molecule has 4 rings (SSSR count). The minimum atomic E-state index is 0.414. The fraction of sp³-hybridized carbons (Fsp3) is 0.240. The Kier molecular flexibility index (Phi) is 5.06. The molecule has 0 fully saturated rings. The van der Waals surface area contributed by atoms with Gasteiger partial charge in [0.1, 0.15) is 6.54 Å². The van der Waals surface area contributed by atoms with Crippen LogP contribution in [0.4, 0.5) is 5.69 Å². The zero-order valence-corrected chi connectivity index (χ0v) is 16.2. The van der Waals surface area contributed by atoms with Crippen molar-refractivity contribution in [3.63, 3.8) is 0 Å². The molecule has 1 unspecified atom stereocenters. The summed E-state index contributed by atoms with van der Waals surface area (Å²) in [6.45, 7) is 6.44. The van der Waals surface area contributed by atoms with Crippen LogP contribution in [-0.2, 0) is 6.54 Å². The zero-order chi connectivity index (χ0) is 18.6. The van der Waals surface area contributed by atoms with Crippen LogP contribution in [0.3, 0.4) is 0 Å². The normalized spacial score (nSPS) is 16.2. The number of aromatic nitrogens is 1. The molecule has 0 amide bonds. The van der Waals surface area contributed by atoms with E-state index in [4.69, 9.17) is 0 Å². The number of rotatable bonds is 5. The summed E-state index contributed by atoms with van der Waals surface area (Å²) in [4.78, 5) is 2.49. The largest absolute Gasteiger partial charge is 0.365 e. The van der Waals surface area contributed by atoms with E-state index in [0.29, 0.717) is 6.04 Å². The maximum Gasteiger partial charge on any atom is 0.212 e. The van der Waals surface area contributed by atoms with Crippen molar-refractivity contribution in [3.05, 3.63) is 84.1 Å². The van der Waals surface area contributed by atoms with Crippen molar-refractivity contribution in [3.8, 4) is 0 Å². The van der Waals surface area contributed by atoms with Gasteiger partial charge in [0.2, 0.25) is 11.2 Å². The molecule has 0 radical (unpaired) electrons. The monoisotopic (exact) mass is 355 g/mol. The highest BCUT2D eigenvalue weighted by molar-refractivity contribution is 5.76. The molecular formula is C25H27N2+. The predicted octanol–water partition coefficient (Wildman–Crippen LogP) is 5.47. The third kappa shape index (κ3) is 3.40. The summed E-state index contributed by atoms with van der Waals surface area (Å²) in [5.41, 5.74) is 5.22. The smallest absolute Gasteiger partial charge is 0.212 e. The Balaban J connectivity index is 1.57. The van der Waals surface area contributed by atoms with Gasteiger partial charge in [-0.3, -0.25) is 0 Å². The maximum atomic E-state index is 2.49. The van der Waals surface area contributed by atoms with Gasteiger partial charge in [-0.2, -0.15) is 4.57 Å². The third-order valence-corrected chi connectivity index (χ3v) is 5.44. The fourth-order valence-corrected chi connectivity index (χ4v) is 4.10. The van der Waals surface area contributed by atoms with Crippen molar-refractivity contribution in [2.24, 2.45) is 0 Å². The van der Waals surface area contributed by atoms with Crippen LogP contribution in [0.2, 0.25) is 0 Å². The molecule has 0 N–H and O–H groups in total. The molecule has 0 saturated carbocycles. The van der Waals surface area contributed by atoms with Gasteiger partial charge in [-0.05, 0) is 44.0 Å². The first-order valence-corrected chi connectivity index (χ1v) is 9.93. The molecule has 0 bridgehead atoms. The Hall–Kier alpha value is -2.87.